The van der Waals surface area contributed by atoms with E-state index in [0.29, 0.717) is 5.56 Å². The Balaban J connectivity index is 1.80. The van der Waals surface area contributed by atoms with E-state index in [1.54, 1.807) is 12.4 Å². The molecule has 5 rings (SSSR count). The average Bonchev–Trinajstić information content (AvgIpc) is 2.63. The number of nitrogens with zero attached hydrogens (tertiary/aromatic N) is 2. The fourth-order valence-corrected chi connectivity index (χ4v) is 4.18. The third-order valence-electron chi connectivity index (χ3n) is 5.21. The molecule has 0 saturated heterocycles. The zero-order chi connectivity index (χ0) is 16.1. The molecule has 0 fully saturated rings. The number of fused-ring (bicyclic) bond motifs is 2. The van der Waals surface area contributed by atoms with Crippen molar-refractivity contribution in [2.24, 2.45) is 0 Å². The minimum atomic E-state index is -0.266. The summed E-state index contributed by atoms with van der Waals surface area (Å²) in [5.41, 5.74) is 5.94. The molecule has 1 aromatic carbocycles. The lowest BCUT2D eigenvalue weighted by molar-refractivity contribution is 0.552. The highest BCUT2D eigenvalue weighted by molar-refractivity contribution is 5.90. The van der Waals surface area contributed by atoms with Gasteiger partial charge in [0.2, 0.25) is 0 Å². The zero-order valence-corrected chi connectivity index (χ0v) is 13.4. The van der Waals surface area contributed by atoms with Crippen LogP contribution < -0.4 is 10.5 Å². The summed E-state index contributed by atoms with van der Waals surface area (Å²) < 4.78 is 5.81. The molecule has 0 amide bonds. The van der Waals surface area contributed by atoms with Gasteiger partial charge in [-0.25, -0.2) is 4.79 Å². The molecule has 0 atom stereocenters. The summed E-state index contributed by atoms with van der Waals surface area (Å²) in [4.78, 5) is 19.1. The molecule has 2 aromatic heterocycles. The van der Waals surface area contributed by atoms with Crippen LogP contribution in [0.3, 0.4) is 0 Å². The van der Waals surface area contributed by atoms with Gasteiger partial charge in [0, 0.05) is 42.1 Å². The maximum absolute atomic E-state index is 12.6. The summed E-state index contributed by atoms with van der Waals surface area (Å²) in [5.74, 6) is 0. The van der Waals surface area contributed by atoms with Crippen LogP contribution in [-0.2, 0) is 12.8 Å². The highest BCUT2D eigenvalue weighted by Crippen LogP contribution is 2.40. The van der Waals surface area contributed by atoms with Crippen LogP contribution in [0.15, 0.2) is 45.9 Å². The lowest BCUT2D eigenvalue weighted by Crippen LogP contribution is -2.34. The number of pyridine rings is 1. The Bertz CT molecular complexity index is 990. The van der Waals surface area contributed by atoms with Crippen molar-refractivity contribution in [3.05, 3.63) is 58.2 Å². The number of hydrogen-bond donors (Lipinski definition) is 0. The molecule has 4 heterocycles. The van der Waals surface area contributed by atoms with Crippen molar-refractivity contribution in [2.75, 3.05) is 18.0 Å². The summed E-state index contributed by atoms with van der Waals surface area (Å²) in [6, 6.07) is 7.91. The summed E-state index contributed by atoms with van der Waals surface area (Å²) in [7, 11) is 0. The Morgan fingerprint density at radius 3 is 2.67 bits per heavy atom. The van der Waals surface area contributed by atoms with E-state index in [4.69, 9.17) is 4.42 Å². The van der Waals surface area contributed by atoms with Crippen LogP contribution in [0.25, 0.3) is 22.1 Å². The fourth-order valence-electron chi connectivity index (χ4n) is 4.18. The smallest absolute Gasteiger partial charge is 0.344 e. The lowest BCUT2D eigenvalue weighted by atomic mass is 9.89. The molecule has 0 unspecified atom stereocenters. The molecule has 0 N–H and O–H groups in total. The molecule has 4 nitrogen and oxygen atoms in total. The van der Waals surface area contributed by atoms with Crippen LogP contribution >= 0.6 is 0 Å². The van der Waals surface area contributed by atoms with Gasteiger partial charge in [-0.3, -0.25) is 4.98 Å². The van der Waals surface area contributed by atoms with Crippen molar-refractivity contribution in [3.63, 3.8) is 0 Å². The molecular formula is C20H18N2O2. The number of aryl methyl sites for hydroxylation is 2. The molecule has 2 aliphatic heterocycles. The second-order valence-corrected chi connectivity index (χ2v) is 6.66. The van der Waals surface area contributed by atoms with Crippen molar-refractivity contribution in [1.29, 1.82) is 0 Å². The molecule has 0 spiro atoms. The van der Waals surface area contributed by atoms with Gasteiger partial charge in [0.1, 0.15) is 5.58 Å². The summed E-state index contributed by atoms with van der Waals surface area (Å²) in [5, 5.41) is 1.04. The second kappa shape index (κ2) is 5.20. The second-order valence-electron chi connectivity index (χ2n) is 6.66. The molecule has 3 aromatic rings. The van der Waals surface area contributed by atoms with Gasteiger partial charge in [0.05, 0.1) is 5.56 Å². The van der Waals surface area contributed by atoms with E-state index in [9.17, 15) is 4.79 Å². The topological polar surface area (TPSA) is 46.3 Å². The predicted molar refractivity (Wildman–Crippen MR) is 94.6 cm³/mol. The van der Waals surface area contributed by atoms with Crippen LogP contribution in [0.1, 0.15) is 24.0 Å². The first-order chi connectivity index (χ1) is 11.8. The van der Waals surface area contributed by atoms with Gasteiger partial charge in [-0.1, -0.05) is 0 Å². The fraction of sp³-hybridized carbons (Fsp3) is 0.300. The number of aromatic nitrogens is 1. The Morgan fingerprint density at radius 2 is 1.83 bits per heavy atom. The number of anilines is 1. The largest absolute Gasteiger partial charge is 0.422 e. The van der Waals surface area contributed by atoms with Gasteiger partial charge in [0.25, 0.3) is 0 Å². The molecule has 24 heavy (non-hydrogen) atoms. The SMILES string of the molecule is O=c1oc2c3c4c(cc2cc1-c1ccncc1)CCCN4CCC3. The maximum atomic E-state index is 12.6. The van der Waals surface area contributed by atoms with Crippen molar-refractivity contribution < 1.29 is 4.42 Å². The highest BCUT2D eigenvalue weighted by atomic mass is 16.4. The quantitative estimate of drug-likeness (QED) is 0.644. The van der Waals surface area contributed by atoms with Gasteiger partial charge in [-0.05, 0) is 61.1 Å². The van der Waals surface area contributed by atoms with Crippen LogP contribution in [0.5, 0.6) is 0 Å². The van der Waals surface area contributed by atoms with Gasteiger partial charge >= 0.3 is 5.63 Å². The number of rotatable bonds is 1. The molecule has 0 radical (unpaired) electrons. The van der Waals surface area contributed by atoms with Crippen molar-refractivity contribution in [1.82, 2.24) is 4.98 Å². The Morgan fingerprint density at radius 1 is 1.04 bits per heavy atom. The van der Waals surface area contributed by atoms with Crippen LogP contribution in [-0.4, -0.2) is 18.1 Å². The van der Waals surface area contributed by atoms with Crippen LogP contribution in [0.4, 0.5) is 5.69 Å². The Labute approximate surface area is 139 Å². The number of hydrogen-bond acceptors (Lipinski definition) is 4. The van der Waals surface area contributed by atoms with E-state index in [-0.39, 0.29) is 5.63 Å². The summed E-state index contributed by atoms with van der Waals surface area (Å²) >= 11 is 0. The van der Waals surface area contributed by atoms with Crippen LogP contribution in [0.2, 0.25) is 0 Å². The lowest BCUT2D eigenvalue weighted by Gasteiger charge is -2.37. The van der Waals surface area contributed by atoms with Crippen molar-refractivity contribution in [3.8, 4) is 11.1 Å². The van der Waals surface area contributed by atoms with Gasteiger partial charge in [0.15, 0.2) is 0 Å². The third kappa shape index (κ3) is 1.99. The average molecular weight is 318 g/mol. The maximum Gasteiger partial charge on any atom is 0.344 e. The van der Waals surface area contributed by atoms with E-state index >= 15 is 0 Å². The number of benzene rings is 1. The molecule has 0 bridgehead atoms. The molecule has 0 saturated carbocycles. The first-order valence-corrected chi connectivity index (χ1v) is 8.59. The highest BCUT2D eigenvalue weighted by Gasteiger charge is 2.27. The summed E-state index contributed by atoms with van der Waals surface area (Å²) in [6.07, 6.45) is 7.83. The van der Waals surface area contributed by atoms with Gasteiger partial charge < -0.3 is 9.32 Å². The van der Waals surface area contributed by atoms with E-state index in [1.807, 2.05) is 18.2 Å². The predicted octanol–water partition coefficient (Wildman–Crippen LogP) is 3.55. The molecule has 2 aliphatic rings. The van der Waals surface area contributed by atoms with Crippen LogP contribution in [0, 0.1) is 0 Å². The molecular weight excluding hydrogens is 300 g/mol. The minimum Gasteiger partial charge on any atom is -0.422 e. The van der Waals surface area contributed by atoms with E-state index in [2.05, 4.69) is 16.0 Å². The molecule has 120 valence electrons. The first-order valence-electron chi connectivity index (χ1n) is 8.59. The van der Waals surface area contributed by atoms with Gasteiger partial charge in [-0.15, -0.1) is 0 Å². The van der Waals surface area contributed by atoms with Gasteiger partial charge in [-0.2, -0.15) is 0 Å². The monoisotopic (exact) mass is 318 g/mol. The Kier molecular flexibility index (Phi) is 2.98. The van der Waals surface area contributed by atoms with E-state index in [0.717, 1.165) is 48.9 Å². The summed E-state index contributed by atoms with van der Waals surface area (Å²) in [6.45, 7) is 2.23. The Hall–Kier alpha value is -2.62. The van der Waals surface area contributed by atoms with Crippen molar-refractivity contribution in [2.45, 2.75) is 25.7 Å². The van der Waals surface area contributed by atoms with E-state index < -0.39 is 0 Å². The molecule has 0 aliphatic carbocycles. The first kappa shape index (κ1) is 13.8. The van der Waals surface area contributed by atoms with E-state index in [1.165, 1.54) is 23.2 Å². The molecule has 4 heteroatoms. The third-order valence-corrected chi connectivity index (χ3v) is 5.21. The standard InChI is InChI=1S/C20H18N2O2/c23-20-17(13-5-7-21-8-6-13)12-15-11-14-3-1-9-22-10-2-4-16(18(14)22)19(15)24-20/h5-8,11-12H,1-4,9-10H2. The zero-order valence-electron chi connectivity index (χ0n) is 13.4. The minimum absolute atomic E-state index is 0.266. The normalized spacial score (nSPS) is 16.2. The van der Waals surface area contributed by atoms with Crippen molar-refractivity contribution >= 4 is 16.7 Å².